The number of nitrogens with zero attached hydrogens (tertiary/aromatic N) is 3. The van der Waals surface area contributed by atoms with Gasteiger partial charge in [0.05, 0.1) is 0 Å². The van der Waals surface area contributed by atoms with E-state index in [0.29, 0.717) is 11.8 Å². The number of carbonyl (C=O) groups is 1. The van der Waals surface area contributed by atoms with Crippen LogP contribution in [-0.4, -0.2) is 42.0 Å². The molecule has 4 heteroatoms. The summed E-state index contributed by atoms with van der Waals surface area (Å²) in [7, 11) is 0. The lowest BCUT2D eigenvalue weighted by molar-refractivity contribution is 0.0683. The first-order chi connectivity index (χ1) is 10.6. The summed E-state index contributed by atoms with van der Waals surface area (Å²) in [5.41, 5.74) is 0.789. The predicted octanol–water partition coefficient (Wildman–Crippen LogP) is 3.19. The third kappa shape index (κ3) is 3.42. The first kappa shape index (κ1) is 15.3. The van der Waals surface area contributed by atoms with Crippen LogP contribution in [0.4, 0.5) is 5.82 Å². The van der Waals surface area contributed by atoms with Crippen LogP contribution in [0, 0.1) is 11.8 Å². The Morgan fingerprint density at radius 1 is 1.14 bits per heavy atom. The number of likely N-dealkylation sites (tertiary alicyclic amines) is 1. The number of anilines is 1. The van der Waals surface area contributed by atoms with Crippen LogP contribution in [0.15, 0.2) is 18.3 Å². The zero-order chi connectivity index (χ0) is 15.5. The van der Waals surface area contributed by atoms with Gasteiger partial charge in [-0.2, -0.15) is 0 Å². The maximum atomic E-state index is 12.7. The highest BCUT2D eigenvalue weighted by Gasteiger charge is 2.23. The van der Waals surface area contributed by atoms with E-state index in [1.807, 2.05) is 17.0 Å². The van der Waals surface area contributed by atoms with Gasteiger partial charge in [-0.3, -0.25) is 4.79 Å². The van der Waals surface area contributed by atoms with Gasteiger partial charge in [0.15, 0.2) is 0 Å². The molecular weight excluding hydrogens is 274 g/mol. The van der Waals surface area contributed by atoms with Gasteiger partial charge in [0.1, 0.15) is 5.82 Å². The van der Waals surface area contributed by atoms with E-state index in [1.54, 1.807) is 6.20 Å². The van der Waals surface area contributed by atoms with Crippen LogP contribution >= 0.6 is 0 Å². The Morgan fingerprint density at radius 3 is 2.59 bits per heavy atom. The molecule has 2 saturated heterocycles. The van der Waals surface area contributed by atoms with E-state index < -0.39 is 0 Å². The van der Waals surface area contributed by atoms with Crippen molar-refractivity contribution in [3.63, 3.8) is 0 Å². The first-order valence-electron chi connectivity index (χ1n) is 8.64. The van der Waals surface area contributed by atoms with Crippen molar-refractivity contribution >= 4 is 11.7 Å². The number of carbonyl (C=O) groups excluding carboxylic acids is 1. The highest BCUT2D eigenvalue weighted by molar-refractivity contribution is 5.95. The molecule has 0 radical (unpaired) electrons. The van der Waals surface area contributed by atoms with E-state index in [9.17, 15) is 4.79 Å². The summed E-state index contributed by atoms with van der Waals surface area (Å²) in [6.45, 7) is 8.39. The highest BCUT2D eigenvalue weighted by atomic mass is 16.2. The summed E-state index contributed by atoms with van der Waals surface area (Å²) < 4.78 is 0. The maximum absolute atomic E-state index is 12.7. The molecule has 3 rings (SSSR count). The van der Waals surface area contributed by atoms with Crippen LogP contribution in [0.5, 0.6) is 0 Å². The number of piperidine rings is 2. The van der Waals surface area contributed by atoms with Crippen LogP contribution < -0.4 is 4.90 Å². The summed E-state index contributed by atoms with van der Waals surface area (Å²) in [5, 5.41) is 0. The van der Waals surface area contributed by atoms with Crippen LogP contribution in [0.3, 0.4) is 0 Å². The molecule has 1 aromatic heterocycles. The molecule has 0 saturated carbocycles. The maximum Gasteiger partial charge on any atom is 0.254 e. The molecule has 2 aliphatic heterocycles. The van der Waals surface area contributed by atoms with Crippen molar-refractivity contribution in [2.75, 3.05) is 31.1 Å². The van der Waals surface area contributed by atoms with Crippen molar-refractivity contribution in [1.82, 2.24) is 9.88 Å². The summed E-state index contributed by atoms with van der Waals surface area (Å²) in [6, 6.07) is 3.85. The van der Waals surface area contributed by atoms with E-state index >= 15 is 0 Å². The lowest BCUT2D eigenvalue weighted by Gasteiger charge is -2.33. The first-order valence-corrected chi connectivity index (χ1v) is 8.64. The number of aromatic nitrogens is 1. The van der Waals surface area contributed by atoms with Crippen LogP contribution in [0.2, 0.25) is 0 Å². The van der Waals surface area contributed by atoms with E-state index in [-0.39, 0.29) is 5.91 Å². The van der Waals surface area contributed by atoms with Gasteiger partial charge in [-0.15, -0.1) is 0 Å². The topological polar surface area (TPSA) is 36.4 Å². The summed E-state index contributed by atoms with van der Waals surface area (Å²) in [6.07, 6.45) is 6.65. The zero-order valence-electron chi connectivity index (χ0n) is 13.8. The van der Waals surface area contributed by atoms with Crippen LogP contribution in [-0.2, 0) is 0 Å². The Kier molecular flexibility index (Phi) is 4.65. The molecule has 3 heterocycles. The van der Waals surface area contributed by atoms with Crippen LogP contribution in [0.1, 0.15) is 49.9 Å². The molecule has 0 spiro atoms. The van der Waals surface area contributed by atoms with Gasteiger partial charge in [-0.1, -0.05) is 13.8 Å². The van der Waals surface area contributed by atoms with Gasteiger partial charge in [0.2, 0.25) is 0 Å². The Bertz CT molecular complexity index is 531. The third-order valence-electron chi connectivity index (χ3n) is 4.92. The van der Waals surface area contributed by atoms with Crippen molar-refractivity contribution in [3.8, 4) is 0 Å². The molecule has 1 amide bonds. The molecule has 0 N–H and O–H groups in total. The van der Waals surface area contributed by atoms with E-state index in [1.165, 1.54) is 19.3 Å². The molecule has 22 heavy (non-hydrogen) atoms. The number of hydrogen-bond donors (Lipinski definition) is 0. The Morgan fingerprint density at radius 2 is 1.86 bits per heavy atom. The van der Waals surface area contributed by atoms with E-state index in [4.69, 9.17) is 0 Å². The van der Waals surface area contributed by atoms with Crippen LogP contribution in [0.25, 0.3) is 0 Å². The summed E-state index contributed by atoms with van der Waals surface area (Å²) in [4.78, 5) is 21.5. The molecule has 0 bridgehead atoms. The molecule has 0 aromatic carbocycles. The molecule has 2 aliphatic rings. The minimum atomic E-state index is 0.167. The second kappa shape index (κ2) is 6.67. The average Bonchev–Trinajstić information content (AvgIpc) is 2.54. The molecule has 1 aromatic rings. The van der Waals surface area contributed by atoms with Gasteiger partial charge in [0.25, 0.3) is 5.91 Å². The Hall–Kier alpha value is -1.58. The molecule has 4 nitrogen and oxygen atoms in total. The highest BCUT2D eigenvalue weighted by Crippen LogP contribution is 2.23. The van der Waals surface area contributed by atoms with Gasteiger partial charge in [-0.25, -0.2) is 4.98 Å². The third-order valence-corrected chi connectivity index (χ3v) is 4.92. The zero-order valence-corrected chi connectivity index (χ0v) is 13.8. The number of hydrogen-bond acceptors (Lipinski definition) is 3. The van der Waals surface area contributed by atoms with Gasteiger partial charge < -0.3 is 9.80 Å². The summed E-state index contributed by atoms with van der Waals surface area (Å²) in [5.74, 6) is 2.45. The molecule has 0 aliphatic carbocycles. The van der Waals surface area contributed by atoms with Crippen molar-refractivity contribution in [1.29, 1.82) is 0 Å². The predicted molar refractivity (Wildman–Crippen MR) is 89.1 cm³/mol. The van der Waals surface area contributed by atoms with Gasteiger partial charge in [0, 0.05) is 37.9 Å². The molecule has 2 atom stereocenters. The number of rotatable bonds is 2. The second-order valence-electron chi connectivity index (χ2n) is 7.09. The monoisotopic (exact) mass is 301 g/mol. The molecule has 2 unspecified atom stereocenters. The quantitative estimate of drug-likeness (QED) is 0.841. The fourth-order valence-corrected chi connectivity index (χ4v) is 3.68. The summed E-state index contributed by atoms with van der Waals surface area (Å²) >= 11 is 0. The minimum absolute atomic E-state index is 0.167. The average molecular weight is 301 g/mol. The Labute approximate surface area is 133 Å². The fraction of sp³-hybridized carbons (Fsp3) is 0.667. The molecular formula is C18H27N3O. The van der Waals surface area contributed by atoms with E-state index in [0.717, 1.165) is 44.0 Å². The number of amides is 1. The largest absolute Gasteiger partial charge is 0.356 e. The van der Waals surface area contributed by atoms with Crippen molar-refractivity contribution < 1.29 is 4.79 Å². The Balaban J connectivity index is 1.74. The lowest BCUT2D eigenvalue weighted by Crippen LogP contribution is -2.39. The lowest BCUT2D eigenvalue weighted by atomic mass is 9.99. The van der Waals surface area contributed by atoms with Gasteiger partial charge in [-0.05, 0) is 49.7 Å². The SMILES string of the molecule is CC1CCCN(C(=O)c2ccnc(N3CCCC(C)C3)c2)C1. The second-order valence-corrected chi connectivity index (χ2v) is 7.09. The normalized spacial score (nSPS) is 26.1. The smallest absolute Gasteiger partial charge is 0.254 e. The van der Waals surface area contributed by atoms with Crippen molar-refractivity contribution in [3.05, 3.63) is 23.9 Å². The standard InChI is InChI=1S/C18H27N3O/c1-14-5-3-9-20(12-14)17-11-16(7-8-19-17)18(22)21-10-4-6-15(2)13-21/h7-8,11,14-15H,3-6,9-10,12-13H2,1-2H3. The minimum Gasteiger partial charge on any atom is -0.356 e. The van der Waals surface area contributed by atoms with Crippen molar-refractivity contribution in [2.24, 2.45) is 11.8 Å². The van der Waals surface area contributed by atoms with Crippen molar-refractivity contribution in [2.45, 2.75) is 39.5 Å². The fourth-order valence-electron chi connectivity index (χ4n) is 3.68. The number of pyridine rings is 1. The molecule has 2 fully saturated rings. The molecule has 120 valence electrons. The van der Waals surface area contributed by atoms with Gasteiger partial charge >= 0.3 is 0 Å². The van der Waals surface area contributed by atoms with E-state index in [2.05, 4.69) is 23.7 Å².